The van der Waals surface area contributed by atoms with E-state index in [1.165, 1.54) is 40.7 Å². The summed E-state index contributed by atoms with van der Waals surface area (Å²) in [4.78, 5) is 12.9. The van der Waals surface area contributed by atoms with Crippen molar-refractivity contribution in [3.63, 3.8) is 0 Å². The van der Waals surface area contributed by atoms with Crippen LogP contribution in [0.25, 0.3) is 10.1 Å². The van der Waals surface area contributed by atoms with E-state index in [0.717, 1.165) is 24.2 Å². The van der Waals surface area contributed by atoms with Crippen LogP contribution in [0.3, 0.4) is 0 Å². The van der Waals surface area contributed by atoms with E-state index < -0.39 is 21.7 Å². The highest BCUT2D eigenvalue weighted by molar-refractivity contribution is 7.89. The Morgan fingerprint density at radius 3 is 2.55 bits per heavy atom. The van der Waals surface area contributed by atoms with Crippen LogP contribution < -0.4 is 5.32 Å². The van der Waals surface area contributed by atoms with E-state index in [2.05, 4.69) is 5.32 Å². The molecule has 1 N–H and O–H groups in total. The van der Waals surface area contributed by atoms with Gasteiger partial charge in [0.25, 0.3) is 5.91 Å². The standard InChI is InChI=1S/C19H15Cl2FN2O3S2/c20-14-6-4-12(10-16(14)29(26,27)24-7-1-2-8-24)23-19(25)18-17(21)13-5-3-11(22)9-15(13)28-18/h3-6,9-10H,1-2,7-8H2,(H,23,25). The third-order valence-corrected chi connectivity index (χ3v) is 8.71. The molecule has 1 saturated heterocycles. The number of rotatable bonds is 4. The fourth-order valence-corrected chi connectivity index (χ4v) is 6.67. The molecule has 1 aromatic heterocycles. The van der Waals surface area contributed by atoms with E-state index in [1.54, 1.807) is 0 Å². The van der Waals surface area contributed by atoms with Crippen LogP contribution in [0.4, 0.5) is 10.1 Å². The molecule has 10 heteroatoms. The number of carbonyl (C=O) groups is 1. The van der Waals surface area contributed by atoms with Crippen molar-refractivity contribution in [2.75, 3.05) is 18.4 Å². The van der Waals surface area contributed by atoms with Crippen LogP contribution in [0, 0.1) is 5.82 Å². The lowest BCUT2D eigenvalue weighted by molar-refractivity contribution is 0.103. The van der Waals surface area contributed by atoms with Crippen molar-refractivity contribution in [1.82, 2.24) is 4.31 Å². The molecule has 0 atom stereocenters. The molecule has 0 unspecified atom stereocenters. The van der Waals surface area contributed by atoms with E-state index in [-0.39, 0.29) is 25.5 Å². The Labute approximate surface area is 181 Å². The normalized spacial score (nSPS) is 15.1. The number of halogens is 3. The van der Waals surface area contributed by atoms with Crippen LogP contribution >= 0.6 is 34.5 Å². The van der Waals surface area contributed by atoms with Crippen molar-refractivity contribution < 1.29 is 17.6 Å². The van der Waals surface area contributed by atoms with E-state index >= 15 is 0 Å². The Bertz CT molecular complexity index is 1220. The molecule has 1 amide bonds. The van der Waals surface area contributed by atoms with Crippen molar-refractivity contribution in [2.24, 2.45) is 0 Å². The molecule has 0 spiro atoms. The maximum absolute atomic E-state index is 13.4. The van der Waals surface area contributed by atoms with Crippen LogP contribution in [0.2, 0.25) is 10.0 Å². The SMILES string of the molecule is O=C(Nc1ccc(Cl)c(S(=O)(=O)N2CCCC2)c1)c1sc2cc(F)ccc2c1Cl. The number of fused-ring (bicyclic) bond motifs is 1. The zero-order valence-corrected chi connectivity index (χ0v) is 18.1. The van der Waals surface area contributed by atoms with E-state index in [4.69, 9.17) is 23.2 Å². The van der Waals surface area contributed by atoms with Crippen molar-refractivity contribution in [1.29, 1.82) is 0 Å². The molecule has 3 aromatic rings. The van der Waals surface area contributed by atoms with Gasteiger partial charge in [-0.1, -0.05) is 23.2 Å². The minimum absolute atomic E-state index is 0.0524. The second-order valence-electron chi connectivity index (χ2n) is 6.60. The summed E-state index contributed by atoms with van der Waals surface area (Å²) < 4.78 is 41.1. The Morgan fingerprint density at radius 2 is 1.83 bits per heavy atom. The highest BCUT2D eigenvalue weighted by Crippen LogP contribution is 2.36. The average molecular weight is 473 g/mol. The Balaban J connectivity index is 1.65. The molecule has 152 valence electrons. The summed E-state index contributed by atoms with van der Waals surface area (Å²) in [6.45, 7) is 0.895. The fourth-order valence-electron chi connectivity index (χ4n) is 3.22. The summed E-state index contributed by atoms with van der Waals surface area (Å²) in [5.41, 5.74) is 0.275. The Kier molecular flexibility index (Phi) is 5.56. The molecule has 0 radical (unpaired) electrons. The fraction of sp³-hybridized carbons (Fsp3) is 0.211. The first kappa shape index (κ1) is 20.6. The number of hydrogen-bond acceptors (Lipinski definition) is 4. The molecular formula is C19H15Cl2FN2O3S2. The number of sulfonamides is 1. The van der Waals surface area contributed by atoms with Gasteiger partial charge in [-0.05, 0) is 49.2 Å². The zero-order chi connectivity index (χ0) is 20.8. The summed E-state index contributed by atoms with van der Waals surface area (Å²) >= 11 is 13.5. The Hall–Kier alpha value is -1.71. The van der Waals surface area contributed by atoms with Gasteiger partial charge in [-0.25, -0.2) is 12.8 Å². The quantitative estimate of drug-likeness (QED) is 0.553. The van der Waals surface area contributed by atoms with Crippen LogP contribution in [0.15, 0.2) is 41.3 Å². The lowest BCUT2D eigenvalue weighted by atomic mass is 10.2. The number of nitrogens with one attached hydrogen (secondary N) is 1. The third-order valence-electron chi connectivity index (χ3n) is 4.67. The minimum Gasteiger partial charge on any atom is -0.321 e. The molecular weight excluding hydrogens is 458 g/mol. The predicted molar refractivity (Wildman–Crippen MR) is 114 cm³/mol. The largest absolute Gasteiger partial charge is 0.321 e. The first-order chi connectivity index (χ1) is 13.8. The van der Waals surface area contributed by atoms with Crippen LogP contribution in [0.5, 0.6) is 0 Å². The van der Waals surface area contributed by atoms with Gasteiger partial charge in [-0.15, -0.1) is 11.3 Å². The maximum Gasteiger partial charge on any atom is 0.267 e. The number of thiophene rings is 1. The van der Waals surface area contributed by atoms with Gasteiger partial charge in [0.1, 0.15) is 15.6 Å². The number of amides is 1. The number of anilines is 1. The molecule has 0 aliphatic carbocycles. The molecule has 2 aromatic carbocycles. The molecule has 4 rings (SSSR count). The van der Waals surface area contributed by atoms with E-state index in [0.29, 0.717) is 23.2 Å². The molecule has 5 nitrogen and oxygen atoms in total. The smallest absolute Gasteiger partial charge is 0.267 e. The lowest BCUT2D eigenvalue weighted by Crippen LogP contribution is -2.28. The van der Waals surface area contributed by atoms with Crippen molar-refractivity contribution >= 4 is 66.2 Å². The van der Waals surface area contributed by atoms with Crippen LogP contribution in [0.1, 0.15) is 22.5 Å². The predicted octanol–water partition coefficient (Wildman–Crippen LogP) is 5.38. The van der Waals surface area contributed by atoms with Gasteiger partial charge in [0.15, 0.2) is 0 Å². The van der Waals surface area contributed by atoms with E-state index in [1.807, 2.05) is 0 Å². The van der Waals surface area contributed by atoms with Crippen molar-refractivity contribution in [3.05, 3.63) is 57.1 Å². The molecule has 1 fully saturated rings. The monoisotopic (exact) mass is 472 g/mol. The maximum atomic E-state index is 13.4. The van der Waals surface area contributed by atoms with Gasteiger partial charge >= 0.3 is 0 Å². The number of carbonyl (C=O) groups excluding carboxylic acids is 1. The molecule has 0 bridgehead atoms. The minimum atomic E-state index is -3.74. The molecule has 2 heterocycles. The first-order valence-electron chi connectivity index (χ1n) is 8.76. The van der Waals surface area contributed by atoms with E-state index in [9.17, 15) is 17.6 Å². The zero-order valence-electron chi connectivity index (χ0n) is 14.9. The highest BCUT2D eigenvalue weighted by atomic mass is 35.5. The summed E-state index contributed by atoms with van der Waals surface area (Å²) in [5.74, 6) is -0.930. The molecule has 1 aliphatic heterocycles. The summed E-state index contributed by atoms with van der Waals surface area (Å²) in [6.07, 6.45) is 1.61. The van der Waals surface area contributed by atoms with Gasteiger partial charge in [-0.2, -0.15) is 4.31 Å². The van der Waals surface area contributed by atoms with Crippen molar-refractivity contribution in [2.45, 2.75) is 17.7 Å². The average Bonchev–Trinajstić information content (AvgIpc) is 3.32. The highest BCUT2D eigenvalue weighted by Gasteiger charge is 2.29. The molecule has 1 aliphatic rings. The second-order valence-corrected chi connectivity index (χ2v) is 10.3. The summed E-state index contributed by atoms with van der Waals surface area (Å²) in [7, 11) is -3.74. The summed E-state index contributed by atoms with van der Waals surface area (Å²) in [6, 6.07) is 8.40. The molecule has 29 heavy (non-hydrogen) atoms. The van der Waals surface area contributed by atoms with Gasteiger partial charge < -0.3 is 5.32 Å². The van der Waals surface area contributed by atoms with Gasteiger partial charge in [0.2, 0.25) is 10.0 Å². The number of benzene rings is 2. The summed E-state index contributed by atoms with van der Waals surface area (Å²) in [5, 5.41) is 3.55. The number of nitrogens with zero attached hydrogens (tertiary/aromatic N) is 1. The second kappa shape index (κ2) is 7.85. The molecule has 0 saturated carbocycles. The Morgan fingerprint density at radius 1 is 1.10 bits per heavy atom. The van der Waals surface area contributed by atoms with Crippen molar-refractivity contribution in [3.8, 4) is 0 Å². The van der Waals surface area contributed by atoms with Gasteiger partial charge in [-0.3, -0.25) is 4.79 Å². The third kappa shape index (κ3) is 3.87. The topological polar surface area (TPSA) is 66.5 Å². The lowest BCUT2D eigenvalue weighted by Gasteiger charge is -2.17. The number of hydrogen-bond donors (Lipinski definition) is 1. The first-order valence-corrected chi connectivity index (χ1v) is 11.8. The van der Waals surface area contributed by atoms with Gasteiger partial charge in [0.05, 0.1) is 10.0 Å². The van der Waals surface area contributed by atoms with Crippen LogP contribution in [-0.4, -0.2) is 31.7 Å². The van der Waals surface area contributed by atoms with Crippen LogP contribution in [-0.2, 0) is 10.0 Å². The van der Waals surface area contributed by atoms with Gasteiger partial charge in [0, 0.05) is 28.9 Å².